The van der Waals surface area contributed by atoms with Crippen molar-refractivity contribution >= 4 is 11.8 Å². The van der Waals surface area contributed by atoms with Crippen LogP contribution >= 0.6 is 0 Å². The smallest absolute Gasteiger partial charge is 0.338 e. The van der Waals surface area contributed by atoms with Crippen molar-refractivity contribution < 1.29 is 29.6 Å². The largest absolute Gasteiger partial charge is 0.504 e. The molecule has 1 aromatic rings. The number of benzene rings is 1. The SMILES string of the molecule is C[C@]12CC[C@H](OC(=O)c3cc(O)c(O)c(O)c3)C[C@@H]1CC[C@@H]1[C@@H]2CC[C@]2(C)C(=O)CC[C@@H]12. The average molecular weight is 443 g/mol. The first-order valence-electron chi connectivity index (χ1n) is 12.1. The maximum atomic E-state index is 12.6. The third kappa shape index (κ3) is 3.12. The second-order valence-electron chi connectivity index (χ2n) is 11.2. The van der Waals surface area contributed by atoms with E-state index in [0.29, 0.717) is 29.5 Å². The Morgan fingerprint density at radius 2 is 1.69 bits per heavy atom. The normalized spacial score (nSPS) is 40.8. The van der Waals surface area contributed by atoms with E-state index in [1.165, 1.54) is 6.42 Å². The summed E-state index contributed by atoms with van der Waals surface area (Å²) in [5.41, 5.74) is 0.166. The highest BCUT2D eigenvalue weighted by molar-refractivity contribution is 5.91. The molecule has 5 rings (SSSR count). The van der Waals surface area contributed by atoms with E-state index in [9.17, 15) is 24.9 Å². The molecule has 174 valence electrons. The van der Waals surface area contributed by atoms with E-state index in [4.69, 9.17) is 4.74 Å². The first kappa shape index (κ1) is 21.6. The molecule has 0 bridgehead atoms. The van der Waals surface area contributed by atoms with Crippen LogP contribution in [0.15, 0.2) is 12.1 Å². The predicted octanol–water partition coefficient (Wildman–Crippen LogP) is 4.94. The van der Waals surface area contributed by atoms with E-state index >= 15 is 0 Å². The standard InChI is InChI=1S/C26H34O6/c1-25-9-7-16(32-24(31)14-11-20(27)23(30)21(28)12-14)13-15(25)3-4-17-18-5-6-22(29)26(18,2)10-8-19(17)25/h11-12,15-19,27-28,30H,3-10,13H2,1-2H3/t15-,16-,17-,18-,19-,25-,26-/m0/s1. The van der Waals surface area contributed by atoms with E-state index in [1.807, 2.05) is 0 Å². The Balaban J connectivity index is 1.28. The van der Waals surface area contributed by atoms with Crippen LogP contribution in [0.25, 0.3) is 0 Å². The summed E-state index contributed by atoms with van der Waals surface area (Å²) in [6.07, 6.45) is 8.72. The number of ketones is 1. The molecule has 1 aromatic carbocycles. The van der Waals surface area contributed by atoms with Crippen molar-refractivity contribution in [2.75, 3.05) is 0 Å². The first-order valence-corrected chi connectivity index (χ1v) is 12.1. The molecule has 3 N–H and O–H groups in total. The third-order valence-corrected chi connectivity index (χ3v) is 9.91. The van der Waals surface area contributed by atoms with Gasteiger partial charge in [-0.3, -0.25) is 4.79 Å². The van der Waals surface area contributed by atoms with Crippen LogP contribution in [0.1, 0.15) is 82.0 Å². The van der Waals surface area contributed by atoms with Crippen LogP contribution in [0.5, 0.6) is 17.2 Å². The van der Waals surface area contributed by atoms with Crippen LogP contribution in [0.4, 0.5) is 0 Å². The van der Waals surface area contributed by atoms with Gasteiger partial charge in [0.1, 0.15) is 11.9 Å². The monoisotopic (exact) mass is 442 g/mol. The fraction of sp³-hybridized carbons (Fsp3) is 0.692. The van der Waals surface area contributed by atoms with Gasteiger partial charge in [-0.1, -0.05) is 13.8 Å². The molecule has 0 heterocycles. The van der Waals surface area contributed by atoms with Gasteiger partial charge in [-0.15, -0.1) is 0 Å². The van der Waals surface area contributed by atoms with Gasteiger partial charge in [0, 0.05) is 11.8 Å². The van der Waals surface area contributed by atoms with E-state index in [1.54, 1.807) is 0 Å². The van der Waals surface area contributed by atoms with Gasteiger partial charge in [-0.25, -0.2) is 4.79 Å². The zero-order chi connectivity index (χ0) is 22.8. The van der Waals surface area contributed by atoms with Gasteiger partial charge in [0.05, 0.1) is 5.56 Å². The number of fused-ring (bicyclic) bond motifs is 5. The number of hydrogen-bond acceptors (Lipinski definition) is 6. The Kier molecular flexibility index (Phi) is 4.99. The molecule has 0 spiro atoms. The second kappa shape index (κ2) is 7.39. The molecule has 6 heteroatoms. The molecule has 0 saturated heterocycles. The Bertz CT molecular complexity index is 933. The molecule has 4 aliphatic rings. The Morgan fingerprint density at radius 3 is 2.41 bits per heavy atom. The van der Waals surface area contributed by atoms with Gasteiger partial charge in [-0.2, -0.15) is 0 Å². The Morgan fingerprint density at radius 1 is 0.969 bits per heavy atom. The fourth-order valence-corrected chi connectivity index (χ4v) is 8.04. The molecule has 4 fully saturated rings. The summed E-state index contributed by atoms with van der Waals surface area (Å²) in [5.74, 6) is 0.499. The van der Waals surface area contributed by atoms with Crippen LogP contribution in [0.2, 0.25) is 0 Å². The van der Waals surface area contributed by atoms with Crippen LogP contribution in [-0.4, -0.2) is 33.2 Å². The van der Waals surface area contributed by atoms with E-state index in [-0.39, 0.29) is 22.5 Å². The number of carbonyl (C=O) groups excluding carboxylic acids is 2. The highest BCUT2D eigenvalue weighted by Gasteiger charge is 2.60. The van der Waals surface area contributed by atoms with Gasteiger partial charge in [0.25, 0.3) is 0 Å². The number of ether oxygens (including phenoxy) is 1. The number of phenolic OH excluding ortho intramolecular Hbond substituents is 3. The quantitative estimate of drug-likeness (QED) is 0.443. The number of phenols is 3. The van der Waals surface area contributed by atoms with E-state index in [0.717, 1.165) is 63.5 Å². The van der Waals surface area contributed by atoms with Crippen molar-refractivity contribution in [1.29, 1.82) is 0 Å². The topological polar surface area (TPSA) is 104 Å². The molecule has 0 amide bonds. The number of rotatable bonds is 2. The van der Waals surface area contributed by atoms with Gasteiger partial charge in [0.15, 0.2) is 17.2 Å². The Hall–Kier alpha value is -2.24. The molecule has 32 heavy (non-hydrogen) atoms. The summed E-state index contributed by atoms with van der Waals surface area (Å²) in [4.78, 5) is 25.2. The minimum atomic E-state index is -0.640. The molecular weight excluding hydrogens is 408 g/mol. The van der Waals surface area contributed by atoms with Crippen LogP contribution < -0.4 is 0 Å². The highest BCUT2D eigenvalue weighted by atomic mass is 16.5. The lowest BCUT2D eigenvalue weighted by Gasteiger charge is -2.60. The summed E-state index contributed by atoms with van der Waals surface area (Å²) >= 11 is 0. The van der Waals surface area contributed by atoms with Crippen molar-refractivity contribution in [2.24, 2.45) is 34.5 Å². The molecule has 6 nitrogen and oxygen atoms in total. The summed E-state index contributed by atoms with van der Waals surface area (Å²) in [6.45, 7) is 4.65. The minimum Gasteiger partial charge on any atom is -0.504 e. The van der Waals surface area contributed by atoms with E-state index < -0.39 is 23.2 Å². The maximum absolute atomic E-state index is 12.6. The van der Waals surface area contributed by atoms with Crippen molar-refractivity contribution in [1.82, 2.24) is 0 Å². The zero-order valence-corrected chi connectivity index (χ0v) is 19.0. The molecular formula is C26H34O6. The zero-order valence-electron chi connectivity index (χ0n) is 19.0. The van der Waals surface area contributed by atoms with Crippen LogP contribution in [0.3, 0.4) is 0 Å². The summed E-state index contributed by atoms with van der Waals surface area (Å²) in [5, 5.41) is 28.9. The number of hydrogen-bond donors (Lipinski definition) is 3. The Labute approximate surface area is 189 Å². The van der Waals surface area contributed by atoms with Crippen molar-refractivity contribution in [3.05, 3.63) is 17.7 Å². The molecule has 0 aromatic heterocycles. The fourth-order valence-electron chi connectivity index (χ4n) is 8.04. The lowest BCUT2D eigenvalue weighted by atomic mass is 9.45. The number of carbonyl (C=O) groups is 2. The van der Waals surface area contributed by atoms with Gasteiger partial charge in [0.2, 0.25) is 0 Å². The van der Waals surface area contributed by atoms with Crippen LogP contribution in [0, 0.1) is 34.5 Å². The minimum absolute atomic E-state index is 0.0345. The van der Waals surface area contributed by atoms with Crippen molar-refractivity contribution in [3.8, 4) is 17.2 Å². The number of aromatic hydroxyl groups is 3. The average Bonchev–Trinajstić information content (AvgIpc) is 3.06. The molecule has 4 saturated carbocycles. The van der Waals surface area contributed by atoms with Crippen molar-refractivity contribution in [3.63, 3.8) is 0 Å². The summed E-state index contributed by atoms with van der Waals surface area (Å²) in [6, 6.07) is 2.24. The van der Waals surface area contributed by atoms with E-state index in [2.05, 4.69) is 13.8 Å². The first-order chi connectivity index (χ1) is 15.1. The molecule has 0 aliphatic heterocycles. The lowest BCUT2D eigenvalue weighted by Crippen LogP contribution is -2.54. The highest BCUT2D eigenvalue weighted by Crippen LogP contribution is 2.65. The second-order valence-corrected chi connectivity index (χ2v) is 11.2. The van der Waals surface area contributed by atoms with Gasteiger partial charge >= 0.3 is 5.97 Å². The van der Waals surface area contributed by atoms with Crippen molar-refractivity contribution in [2.45, 2.75) is 77.7 Å². The molecule has 0 radical (unpaired) electrons. The molecule has 7 atom stereocenters. The van der Waals surface area contributed by atoms with Gasteiger partial charge in [-0.05, 0) is 92.6 Å². The molecule has 0 unspecified atom stereocenters. The summed E-state index contributed by atoms with van der Waals surface area (Å²) in [7, 11) is 0. The number of Topliss-reactive ketones (excluding diaryl/α,β-unsaturated/α-hetero) is 1. The predicted molar refractivity (Wildman–Crippen MR) is 117 cm³/mol. The lowest BCUT2D eigenvalue weighted by molar-refractivity contribution is -0.142. The maximum Gasteiger partial charge on any atom is 0.338 e. The molecule has 4 aliphatic carbocycles. The van der Waals surface area contributed by atoms with Gasteiger partial charge < -0.3 is 20.1 Å². The van der Waals surface area contributed by atoms with Crippen LogP contribution in [-0.2, 0) is 9.53 Å². The summed E-state index contributed by atoms with van der Waals surface area (Å²) < 4.78 is 5.77. The third-order valence-electron chi connectivity index (χ3n) is 9.91. The number of esters is 1.